The van der Waals surface area contributed by atoms with Crippen LogP contribution in [0.2, 0.25) is 0 Å². The second-order valence-electron chi connectivity index (χ2n) is 6.49. The van der Waals surface area contributed by atoms with Crippen molar-refractivity contribution in [3.8, 4) is 0 Å². The first-order chi connectivity index (χ1) is 13.4. The van der Waals surface area contributed by atoms with E-state index in [1.165, 1.54) is 0 Å². The molecule has 1 heterocycles. The highest BCUT2D eigenvalue weighted by molar-refractivity contribution is 9.10. The van der Waals surface area contributed by atoms with Gasteiger partial charge in [0.15, 0.2) is 0 Å². The summed E-state index contributed by atoms with van der Waals surface area (Å²) in [4.78, 5) is 4.80. The molecule has 0 bridgehead atoms. The van der Waals surface area contributed by atoms with Crippen molar-refractivity contribution in [3.05, 3.63) is 88.7 Å². The van der Waals surface area contributed by atoms with Crippen molar-refractivity contribution in [1.29, 1.82) is 0 Å². The Morgan fingerprint density at radius 2 is 1.64 bits per heavy atom. The molecule has 7 heteroatoms. The van der Waals surface area contributed by atoms with Crippen LogP contribution in [0.5, 0.6) is 0 Å². The summed E-state index contributed by atoms with van der Waals surface area (Å²) in [5.74, 6) is 0.926. The highest BCUT2D eigenvalue weighted by Gasteiger charge is 2.14. The summed E-state index contributed by atoms with van der Waals surface area (Å²) in [6, 6.07) is 21.9. The first-order valence-corrected chi connectivity index (χ1v) is 11.0. The molecule has 0 spiro atoms. The van der Waals surface area contributed by atoms with Crippen molar-refractivity contribution in [2.45, 2.75) is 18.4 Å². The van der Waals surface area contributed by atoms with E-state index in [0.29, 0.717) is 12.2 Å². The number of benzene rings is 3. The fourth-order valence-electron chi connectivity index (χ4n) is 3.08. The average Bonchev–Trinajstić information content (AvgIpc) is 2.99. The number of sulfonamides is 1. The third-order valence-corrected chi connectivity index (χ3v) is 6.44. The molecule has 0 atom stereocenters. The van der Waals surface area contributed by atoms with E-state index in [2.05, 4.69) is 30.2 Å². The standard InChI is InChI=1S/C21H18BrN3O2S/c1-15-23-20-4-2-3-5-21(20)25(15)14-16-6-12-19(13-7-16)28(26,27)24-18-10-8-17(22)9-11-18/h2-13,24H,14H2,1H3. The number of nitrogens with one attached hydrogen (secondary N) is 1. The first-order valence-electron chi connectivity index (χ1n) is 8.71. The van der Waals surface area contributed by atoms with E-state index >= 15 is 0 Å². The van der Waals surface area contributed by atoms with Gasteiger partial charge in [-0.25, -0.2) is 13.4 Å². The summed E-state index contributed by atoms with van der Waals surface area (Å²) in [6.45, 7) is 2.60. The van der Waals surface area contributed by atoms with Crippen LogP contribution in [0.4, 0.5) is 5.69 Å². The second-order valence-corrected chi connectivity index (χ2v) is 9.09. The lowest BCUT2D eigenvalue weighted by Gasteiger charge is -2.10. The van der Waals surface area contributed by atoms with E-state index < -0.39 is 10.0 Å². The van der Waals surface area contributed by atoms with E-state index in [1.807, 2.05) is 43.3 Å². The van der Waals surface area contributed by atoms with Crippen LogP contribution < -0.4 is 4.72 Å². The Bertz CT molecular complexity index is 1230. The van der Waals surface area contributed by atoms with Gasteiger partial charge in [-0.3, -0.25) is 4.72 Å². The number of rotatable bonds is 5. The van der Waals surface area contributed by atoms with Gasteiger partial charge in [0.1, 0.15) is 5.82 Å². The van der Waals surface area contributed by atoms with Crippen LogP contribution in [0.25, 0.3) is 11.0 Å². The Morgan fingerprint density at radius 3 is 2.36 bits per heavy atom. The van der Waals surface area contributed by atoms with E-state index in [9.17, 15) is 8.42 Å². The van der Waals surface area contributed by atoms with E-state index in [1.54, 1.807) is 36.4 Å². The molecule has 28 heavy (non-hydrogen) atoms. The molecule has 0 aliphatic heterocycles. The lowest BCUT2D eigenvalue weighted by Crippen LogP contribution is -2.13. The maximum Gasteiger partial charge on any atom is 0.261 e. The number of anilines is 1. The van der Waals surface area contributed by atoms with Gasteiger partial charge in [0.05, 0.1) is 15.9 Å². The molecule has 4 aromatic rings. The minimum absolute atomic E-state index is 0.228. The smallest absolute Gasteiger partial charge is 0.261 e. The number of para-hydroxylation sites is 2. The van der Waals surface area contributed by atoms with Crippen LogP contribution in [0.3, 0.4) is 0 Å². The minimum atomic E-state index is -3.63. The van der Waals surface area contributed by atoms with Gasteiger partial charge in [-0.1, -0.05) is 40.2 Å². The number of hydrogen-bond acceptors (Lipinski definition) is 3. The molecule has 0 saturated heterocycles. The van der Waals surface area contributed by atoms with Gasteiger partial charge in [0.2, 0.25) is 0 Å². The molecule has 0 fully saturated rings. The minimum Gasteiger partial charge on any atom is -0.324 e. The van der Waals surface area contributed by atoms with Gasteiger partial charge in [-0.05, 0) is 61.0 Å². The number of imidazole rings is 1. The van der Waals surface area contributed by atoms with Crippen molar-refractivity contribution in [3.63, 3.8) is 0 Å². The topological polar surface area (TPSA) is 64.0 Å². The van der Waals surface area contributed by atoms with E-state index in [4.69, 9.17) is 0 Å². The SMILES string of the molecule is Cc1nc2ccccc2n1Cc1ccc(S(=O)(=O)Nc2ccc(Br)cc2)cc1. The van der Waals surface area contributed by atoms with Gasteiger partial charge >= 0.3 is 0 Å². The van der Waals surface area contributed by atoms with Crippen LogP contribution in [0, 0.1) is 6.92 Å². The second kappa shape index (κ2) is 7.41. The number of fused-ring (bicyclic) bond motifs is 1. The van der Waals surface area contributed by atoms with Crippen molar-refractivity contribution in [2.24, 2.45) is 0 Å². The van der Waals surface area contributed by atoms with Gasteiger partial charge in [-0.2, -0.15) is 0 Å². The fourth-order valence-corrected chi connectivity index (χ4v) is 4.41. The third-order valence-electron chi connectivity index (χ3n) is 4.52. The Hall–Kier alpha value is -2.64. The highest BCUT2D eigenvalue weighted by atomic mass is 79.9. The summed E-state index contributed by atoms with van der Waals surface area (Å²) in [7, 11) is -3.63. The van der Waals surface area contributed by atoms with Crippen LogP contribution in [0.1, 0.15) is 11.4 Å². The zero-order valence-electron chi connectivity index (χ0n) is 15.1. The molecule has 1 aromatic heterocycles. The number of nitrogens with zero attached hydrogens (tertiary/aromatic N) is 2. The van der Waals surface area contributed by atoms with Crippen LogP contribution in [-0.4, -0.2) is 18.0 Å². The van der Waals surface area contributed by atoms with E-state index in [0.717, 1.165) is 26.9 Å². The third kappa shape index (κ3) is 3.81. The zero-order chi connectivity index (χ0) is 19.7. The van der Waals surface area contributed by atoms with Crippen molar-refractivity contribution in [2.75, 3.05) is 4.72 Å². The molecule has 1 N–H and O–H groups in total. The number of halogens is 1. The summed E-state index contributed by atoms with van der Waals surface area (Å²) >= 11 is 3.34. The van der Waals surface area contributed by atoms with Gasteiger partial charge in [0, 0.05) is 16.7 Å². The zero-order valence-corrected chi connectivity index (χ0v) is 17.5. The largest absolute Gasteiger partial charge is 0.324 e. The molecule has 5 nitrogen and oxygen atoms in total. The molecule has 3 aromatic carbocycles. The molecule has 0 unspecified atom stereocenters. The first kappa shape index (κ1) is 18.7. The average molecular weight is 456 g/mol. The Balaban J connectivity index is 1.56. The molecular weight excluding hydrogens is 438 g/mol. The highest BCUT2D eigenvalue weighted by Crippen LogP contribution is 2.21. The maximum absolute atomic E-state index is 12.6. The Morgan fingerprint density at radius 1 is 0.964 bits per heavy atom. The van der Waals surface area contributed by atoms with Crippen LogP contribution in [-0.2, 0) is 16.6 Å². The van der Waals surface area contributed by atoms with Crippen molar-refractivity contribution in [1.82, 2.24) is 9.55 Å². The molecule has 142 valence electrons. The van der Waals surface area contributed by atoms with Gasteiger partial charge in [-0.15, -0.1) is 0 Å². The number of hydrogen-bond donors (Lipinski definition) is 1. The van der Waals surface area contributed by atoms with Crippen LogP contribution >= 0.6 is 15.9 Å². The summed E-state index contributed by atoms with van der Waals surface area (Å²) in [6.07, 6.45) is 0. The summed E-state index contributed by atoms with van der Waals surface area (Å²) < 4.78 is 30.8. The predicted molar refractivity (Wildman–Crippen MR) is 115 cm³/mol. The molecular formula is C21H18BrN3O2S. The number of aryl methyl sites for hydroxylation is 1. The summed E-state index contributed by atoms with van der Waals surface area (Å²) in [5.41, 5.74) is 3.55. The quantitative estimate of drug-likeness (QED) is 0.462. The summed E-state index contributed by atoms with van der Waals surface area (Å²) in [5, 5.41) is 0. The van der Waals surface area contributed by atoms with E-state index in [-0.39, 0.29) is 4.90 Å². The predicted octanol–water partition coefficient (Wildman–Crippen LogP) is 4.96. The Labute approximate surface area is 172 Å². The molecule has 0 saturated carbocycles. The van der Waals surface area contributed by atoms with Gasteiger partial charge in [0.25, 0.3) is 10.0 Å². The number of aromatic nitrogens is 2. The Kier molecular flexibility index (Phi) is 4.95. The molecule has 0 radical (unpaired) electrons. The van der Waals surface area contributed by atoms with Crippen LogP contribution in [0.15, 0.2) is 82.2 Å². The molecule has 0 aliphatic carbocycles. The fraction of sp³-hybridized carbons (Fsp3) is 0.0952. The molecule has 0 amide bonds. The van der Waals surface area contributed by atoms with Crippen molar-refractivity contribution < 1.29 is 8.42 Å². The monoisotopic (exact) mass is 455 g/mol. The lowest BCUT2D eigenvalue weighted by molar-refractivity contribution is 0.601. The normalized spacial score (nSPS) is 11.6. The van der Waals surface area contributed by atoms with Crippen molar-refractivity contribution >= 4 is 42.7 Å². The molecule has 4 rings (SSSR count). The maximum atomic E-state index is 12.6. The molecule has 0 aliphatic rings. The van der Waals surface area contributed by atoms with Gasteiger partial charge < -0.3 is 4.57 Å². The lowest BCUT2D eigenvalue weighted by atomic mass is 10.2.